The van der Waals surface area contributed by atoms with Gasteiger partial charge in [0.15, 0.2) is 6.61 Å². The van der Waals surface area contributed by atoms with Gasteiger partial charge in [-0.25, -0.2) is 0 Å². The molecule has 3 aromatic carbocycles. The number of aryl methyl sites for hydroxylation is 1. The summed E-state index contributed by atoms with van der Waals surface area (Å²) in [5, 5.41) is 2.94. The summed E-state index contributed by atoms with van der Waals surface area (Å²) in [4.78, 5) is 27.7. The van der Waals surface area contributed by atoms with E-state index in [4.69, 9.17) is 4.74 Å². The summed E-state index contributed by atoms with van der Waals surface area (Å²) in [7, 11) is 0. The van der Waals surface area contributed by atoms with Gasteiger partial charge in [-0.05, 0) is 73.1 Å². The molecule has 0 radical (unpaired) electrons. The van der Waals surface area contributed by atoms with Crippen LogP contribution in [0.15, 0.2) is 72.8 Å². The number of rotatable bonds is 7. The fourth-order valence-corrected chi connectivity index (χ4v) is 4.63. The number of amides is 2. The van der Waals surface area contributed by atoms with Gasteiger partial charge in [0.25, 0.3) is 11.8 Å². The minimum atomic E-state index is -0.219. The maximum atomic E-state index is 13.6. The topological polar surface area (TPSA) is 58.6 Å². The van der Waals surface area contributed by atoms with Crippen LogP contribution < -0.4 is 10.1 Å². The number of nitrogens with one attached hydrogen (secondary N) is 1. The molecular weight excluding hydrogens is 424 g/mol. The third kappa shape index (κ3) is 4.98. The molecule has 1 atom stereocenters. The molecule has 1 aliphatic heterocycles. The third-order valence-electron chi connectivity index (χ3n) is 6.64. The highest BCUT2D eigenvalue weighted by molar-refractivity contribution is 5.95. The molecule has 0 aromatic heterocycles. The van der Waals surface area contributed by atoms with E-state index in [1.54, 1.807) is 0 Å². The van der Waals surface area contributed by atoms with E-state index in [2.05, 4.69) is 36.5 Å². The van der Waals surface area contributed by atoms with Gasteiger partial charge < -0.3 is 15.0 Å². The van der Waals surface area contributed by atoms with Crippen molar-refractivity contribution in [3.8, 4) is 5.75 Å². The summed E-state index contributed by atoms with van der Waals surface area (Å²) < 4.78 is 5.86. The number of hydrogen-bond donors (Lipinski definition) is 1. The molecule has 5 nitrogen and oxygen atoms in total. The first-order valence-corrected chi connectivity index (χ1v) is 12.0. The van der Waals surface area contributed by atoms with E-state index in [1.165, 1.54) is 18.4 Å². The van der Waals surface area contributed by atoms with Gasteiger partial charge in [0.1, 0.15) is 5.75 Å². The number of carbonyl (C=O) groups is 2. The molecule has 3 aromatic rings. The smallest absolute Gasteiger partial charge is 0.257 e. The van der Waals surface area contributed by atoms with Gasteiger partial charge in [0, 0.05) is 18.7 Å². The predicted molar refractivity (Wildman–Crippen MR) is 132 cm³/mol. The van der Waals surface area contributed by atoms with Gasteiger partial charge in [-0.2, -0.15) is 0 Å². The highest BCUT2D eigenvalue weighted by atomic mass is 16.5. The van der Waals surface area contributed by atoms with Crippen molar-refractivity contribution in [3.63, 3.8) is 0 Å². The van der Waals surface area contributed by atoms with Gasteiger partial charge in [-0.1, -0.05) is 54.1 Å². The number of hydrogen-bond acceptors (Lipinski definition) is 3. The van der Waals surface area contributed by atoms with E-state index < -0.39 is 0 Å². The number of fused-ring (bicyclic) bond motifs is 1. The van der Waals surface area contributed by atoms with E-state index in [0.29, 0.717) is 23.8 Å². The summed E-state index contributed by atoms with van der Waals surface area (Å²) in [5.41, 5.74) is 5.16. The maximum absolute atomic E-state index is 13.6. The molecule has 1 unspecified atom stereocenters. The minimum Gasteiger partial charge on any atom is -0.484 e. The van der Waals surface area contributed by atoms with E-state index in [-0.39, 0.29) is 24.5 Å². The summed E-state index contributed by atoms with van der Waals surface area (Å²) in [5.74, 6) is 1.20. The fourth-order valence-electron chi connectivity index (χ4n) is 4.63. The Balaban J connectivity index is 1.43. The van der Waals surface area contributed by atoms with Gasteiger partial charge >= 0.3 is 0 Å². The molecule has 1 saturated carbocycles. The molecule has 34 heavy (non-hydrogen) atoms. The Morgan fingerprint density at radius 2 is 1.82 bits per heavy atom. The predicted octanol–water partition coefficient (Wildman–Crippen LogP) is 4.69. The van der Waals surface area contributed by atoms with Crippen LogP contribution in [0.1, 0.15) is 51.5 Å². The highest BCUT2D eigenvalue weighted by Crippen LogP contribution is 2.38. The molecule has 1 fully saturated rings. The molecule has 2 amide bonds. The molecule has 2 aliphatic rings. The quantitative estimate of drug-likeness (QED) is 0.564. The standard InChI is InChI=1S/C29H30N2O3/c1-20-6-5-9-24(16-20)28-26-17-25(34-19-27(32)30-18-21-10-11-21)13-12-22(26)14-15-31(28)29(33)23-7-3-2-4-8-23/h2-9,12-13,16-17,21,28H,10-11,14-15,18-19H2,1H3,(H,30,32). The van der Waals surface area contributed by atoms with Crippen LogP contribution in [0.5, 0.6) is 5.75 Å². The van der Waals surface area contributed by atoms with Crippen molar-refractivity contribution in [1.82, 2.24) is 10.2 Å². The largest absolute Gasteiger partial charge is 0.484 e. The van der Waals surface area contributed by atoms with E-state index in [9.17, 15) is 9.59 Å². The van der Waals surface area contributed by atoms with E-state index in [1.807, 2.05) is 53.4 Å². The van der Waals surface area contributed by atoms with Crippen molar-refractivity contribution in [2.24, 2.45) is 5.92 Å². The van der Waals surface area contributed by atoms with Crippen LogP contribution in [0.25, 0.3) is 0 Å². The van der Waals surface area contributed by atoms with Crippen molar-refractivity contribution in [2.45, 2.75) is 32.2 Å². The molecule has 1 N–H and O–H groups in total. The average Bonchev–Trinajstić information content (AvgIpc) is 3.70. The molecule has 0 spiro atoms. The third-order valence-corrected chi connectivity index (χ3v) is 6.64. The second kappa shape index (κ2) is 9.72. The van der Waals surface area contributed by atoms with Crippen LogP contribution in [-0.2, 0) is 11.2 Å². The Morgan fingerprint density at radius 1 is 1.00 bits per heavy atom. The zero-order valence-electron chi connectivity index (χ0n) is 19.5. The van der Waals surface area contributed by atoms with Crippen LogP contribution in [-0.4, -0.2) is 36.4 Å². The summed E-state index contributed by atoms with van der Waals surface area (Å²) in [6.45, 7) is 3.44. The fraction of sp³-hybridized carbons (Fsp3) is 0.310. The molecule has 0 bridgehead atoms. The van der Waals surface area contributed by atoms with E-state index >= 15 is 0 Å². The van der Waals surface area contributed by atoms with Crippen molar-refractivity contribution >= 4 is 11.8 Å². The van der Waals surface area contributed by atoms with Gasteiger partial charge in [-0.3, -0.25) is 9.59 Å². The number of benzene rings is 3. The molecule has 174 valence electrons. The first-order chi connectivity index (χ1) is 16.6. The SMILES string of the molecule is Cc1cccc(C2c3cc(OCC(=O)NCC4CC4)ccc3CCN2C(=O)c2ccccc2)c1. The Bertz CT molecular complexity index is 1190. The Morgan fingerprint density at radius 3 is 2.59 bits per heavy atom. The molecule has 1 aliphatic carbocycles. The molecule has 5 rings (SSSR count). The number of carbonyl (C=O) groups excluding carboxylic acids is 2. The Labute approximate surface area is 200 Å². The van der Waals surface area contributed by atoms with Crippen molar-refractivity contribution in [3.05, 3.63) is 101 Å². The highest BCUT2D eigenvalue weighted by Gasteiger charge is 2.33. The lowest BCUT2D eigenvalue weighted by atomic mass is 9.87. The monoisotopic (exact) mass is 454 g/mol. The number of nitrogens with zero attached hydrogens (tertiary/aromatic N) is 1. The zero-order chi connectivity index (χ0) is 23.5. The summed E-state index contributed by atoms with van der Waals surface area (Å²) >= 11 is 0. The van der Waals surface area contributed by atoms with Crippen molar-refractivity contribution < 1.29 is 14.3 Å². The van der Waals surface area contributed by atoms with Crippen molar-refractivity contribution in [2.75, 3.05) is 19.7 Å². The second-order valence-corrected chi connectivity index (χ2v) is 9.33. The van der Waals surface area contributed by atoms with Crippen LogP contribution in [0.2, 0.25) is 0 Å². The molecular formula is C29H30N2O3. The Kier molecular flexibility index (Phi) is 6.35. The number of ether oxygens (including phenoxy) is 1. The zero-order valence-corrected chi connectivity index (χ0v) is 19.5. The van der Waals surface area contributed by atoms with E-state index in [0.717, 1.165) is 29.7 Å². The van der Waals surface area contributed by atoms with Gasteiger partial charge in [0.2, 0.25) is 0 Å². The lowest BCUT2D eigenvalue weighted by Crippen LogP contribution is -2.40. The lowest BCUT2D eigenvalue weighted by Gasteiger charge is -2.38. The maximum Gasteiger partial charge on any atom is 0.257 e. The minimum absolute atomic E-state index is 0.00667. The summed E-state index contributed by atoms with van der Waals surface area (Å²) in [6, 6.07) is 23.5. The van der Waals surface area contributed by atoms with Crippen LogP contribution in [0.4, 0.5) is 0 Å². The van der Waals surface area contributed by atoms with Crippen LogP contribution in [0.3, 0.4) is 0 Å². The second-order valence-electron chi connectivity index (χ2n) is 9.33. The Hall–Kier alpha value is -3.60. The normalized spacial score (nSPS) is 17.1. The first kappa shape index (κ1) is 22.2. The van der Waals surface area contributed by atoms with Gasteiger partial charge in [0.05, 0.1) is 6.04 Å². The summed E-state index contributed by atoms with van der Waals surface area (Å²) in [6.07, 6.45) is 3.17. The van der Waals surface area contributed by atoms with Gasteiger partial charge in [-0.15, -0.1) is 0 Å². The first-order valence-electron chi connectivity index (χ1n) is 12.0. The van der Waals surface area contributed by atoms with Crippen LogP contribution in [0, 0.1) is 12.8 Å². The average molecular weight is 455 g/mol. The lowest BCUT2D eigenvalue weighted by molar-refractivity contribution is -0.123. The van der Waals surface area contributed by atoms with Crippen LogP contribution >= 0.6 is 0 Å². The van der Waals surface area contributed by atoms with Crippen molar-refractivity contribution in [1.29, 1.82) is 0 Å². The molecule has 5 heteroatoms. The molecule has 0 saturated heterocycles. The molecule has 1 heterocycles.